The molecule has 0 aliphatic carbocycles. The van der Waals surface area contributed by atoms with Crippen LogP contribution in [0.4, 0.5) is 53.3 Å². The molecular formula is C55H60F4N6O9S2. The Kier molecular flexibility index (Phi) is 20.5. The highest BCUT2D eigenvalue weighted by atomic mass is 32.1. The molecule has 2 N–H and O–H groups in total. The number of benzene rings is 4. The largest absolute Gasteiger partial charge is 0.462 e. The Balaban J connectivity index is 1.31. The van der Waals surface area contributed by atoms with Crippen molar-refractivity contribution < 1.29 is 60.5 Å². The van der Waals surface area contributed by atoms with Gasteiger partial charge in [0.15, 0.2) is 0 Å². The van der Waals surface area contributed by atoms with Crippen molar-refractivity contribution in [2.45, 2.75) is 66.7 Å². The minimum absolute atomic E-state index is 0.00600. The van der Waals surface area contributed by atoms with E-state index in [1.807, 2.05) is 9.80 Å². The molecule has 0 unspecified atom stereocenters. The fraction of sp³-hybridized carbons (Fsp3) is 0.327. The molecule has 76 heavy (non-hydrogen) atoms. The maximum absolute atomic E-state index is 15.1. The third kappa shape index (κ3) is 14.1. The fourth-order valence-corrected chi connectivity index (χ4v) is 10.5. The number of anilines is 4. The topological polar surface area (TPSA) is 159 Å². The molecule has 0 atom stereocenters. The van der Waals surface area contributed by atoms with Gasteiger partial charge in [-0.2, -0.15) is 0 Å². The number of halogens is 4. The Morgan fingerprint density at radius 1 is 0.474 bits per heavy atom. The SMILES string of the molecule is CCCOC(=O)N(Cc1c(F)cccc1F)c1sc(-c2ccc(NC(=O)Nc3ccc(-c4sc(N(Cc5c(F)cccc5F)C(=O)OCCC)c(C(=O)OCC)c4CN(C)C)cc3)cc2)c(CN(C)C)c1C(=O)OCC. The lowest BCUT2D eigenvalue weighted by atomic mass is 10.0. The molecule has 2 heterocycles. The van der Waals surface area contributed by atoms with Gasteiger partial charge >= 0.3 is 30.2 Å². The predicted molar refractivity (Wildman–Crippen MR) is 287 cm³/mol. The fourth-order valence-electron chi connectivity index (χ4n) is 7.87. The van der Waals surface area contributed by atoms with Crippen molar-refractivity contribution in [3.63, 3.8) is 0 Å². The number of carbonyl (C=O) groups excluding carboxylic acids is 5. The molecule has 0 bridgehead atoms. The summed E-state index contributed by atoms with van der Waals surface area (Å²) in [6, 6.07) is 19.6. The lowest BCUT2D eigenvalue weighted by Gasteiger charge is -2.23. The Morgan fingerprint density at radius 2 is 0.816 bits per heavy atom. The van der Waals surface area contributed by atoms with Gasteiger partial charge in [-0.15, -0.1) is 22.7 Å². The van der Waals surface area contributed by atoms with E-state index in [2.05, 4.69) is 10.6 Å². The first-order valence-corrected chi connectivity index (χ1v) is 26.0. The first-order valence-electron chi connectivity index (χ1n) is 24.4. The number of hydrogen-bond acceptors (Lipinski definition) is 13. The van der Waals surface area contributed by atoms with Gasteiger partial charge in [-0.05, 0) is 115 Å². The van der Waals surface area contributed by atoms with Gasteiger partial charge in [0.1, 0.15) is 33.3 Å². The summed E-state index contributed by atoms with van der Waals surface area (Å²) in [5, 5.41) is 5.76. The molecule has 0 aliphatic rings. The van der Waals surface area contributed by atoms with Crippen molar-refractivity contribution in [3.8, 4) is 20.9 Å². The molecule has 6 rings (SSSR count). The van der Waals surface area contributed by atoms with Gasteiger partial charge in [-0.3, -0.25) is 9.80 Å². The summed E-state index contributed by atoms with van der Waals surface area (Å²) < 4.78 is 82.5. The number of urea groups is 1. The van der Waals surface area contributed by atoms with Crippen molar-refractivity contribution in [2.75, 3.05) is 75.1 Å². The predicted octanol–water partition coefficient (Wildman–Crippen LogP) is 12.9. The van der Waals surface area contributed by atoms with Crippen LogP contribution in [0.15, 0.2) is 84.9 Å². The smallest absolute Gasteiger partial charge is 0.415 e. The highest BCUT2D eigenvalue weighted by molar-refractivity contribution is 7.20. The van der Waals surface area contributed by atoms with Crippen LogP contribution in [0.3, 0.4) is 0 Å². The van der Waals surface area contributed by atoms with Gasteiger partial charge in [-0.1, -0.05) is 50.2 Å². The average Bonchev–Trinajstić information content (AvgIpc) is 3.95. The minimum Gasteiger partial charge on any atom is -0.462 e. The third-order valence-electron chi connectivity index (χ3n) is 11.2. The normalized spacial score (nSPS) is 11.1. The maximum Gasteiger partial charge on any atom is 0.415 e. The molecular weight excluding hydrogens is 1030 g/mol. The molecule has 6 aromatic rings. The van der Waals surface area contributed by atoms with Crippen LogP contribution < -0.4 is 20.4 Å². The van der Waals surface area contributed by atoms with E-state index >= 15 is 17.6 Å². The summed E-state index contributed by atoms with van der Waals surface area (Å²) in [6.07, 6.45) is -0.899. The van der Waals surface area contributed by atoms with Crippen LogP contribution in [-0.4, -0.2) is 94.6 Å². The summed E-state index contributed by atoms with van der Waals surface area (Å²) in [6.45, 7) is 6.12. The molecule has 21 heteroatoms. The van der Waals surface area contributed by atoms with Gasteiger partial charge in [0.2, 0.25) is 0 Å². The number of esters is 2. The van der Waals surface area contributed by atoms with E-state index in [4.69, 9.17) is 18.9 Å². The molecule has 15 nitrogen and oxygen atoms in total. The van der Waals surface area contributed by atoms with Gasteiger partial charge in [0, 0.05) is 56.5 Å². The number of thiophene rings is 2. The second kappa shape index (κ2) is 26.9. The van der Waals surface area contributed by atoms with E-state index in [-0.39, 0.29) is 60.6 Å². The number of nitrogens with one attached hydrogen (secondary N) is 2. The highest BCUT2D eigenvalue weighted by Gasteiger charge is 2.35. The zero-order valence-electron chi connectivity index (χ0n) is 43.4. The Bertz CT molecular complexity index is 2780. The minimum atomic E-state index is -0.915. The second-order valence-corrected chi connectivity index (χ2v) is 19.6. The van der Waals surface area contributed by atoms with Crippen molar-refractivity contribution >= 4 is 74.2 Å². The molecule has 2 aromatic heterocycles. The first kappa shape index (κ1) is 57.9. The standard InChI is InChI=1S/C55H60F4N6O9S2/c1-9-27-73-54(69)64(31-37-41(56)15-13-16-42(37)57)49-45(51(66)71-11-3)39(29-62(5)6)47(75-49)33-19-23-35(24-20-33)60-53(68)61-36-25-21-34(22-26-36)48-40(30-63(7)8)46(52(67)72-12-4)50(76-48)65(55(70)74-28-10-2)32-38-43(58)17-14-18-44(38)59/h13-26H,9-12,27-32H2,1-8H3,(H2,60,61,68). The van der Waals surface area contributed by atoms with Gasteiger partial charge in [0.05, 0.1) is 50.6 Å². The molecule has 0 radical (unpaired) electrons. The number of rotatable bonds is 22. The van der Waals surface area contributed by atoms with Crippen LogP contribution in [0, 0.1) is 23.3 Å². The Labute approximate surface area is 446 Å². The monoisotopic (exact) mass is 1090 g/mol. The summed E-state index contributed by atoms with van der Waals surface area (Å²) in [7, 11) is 7.18. The summed E-state index contributed by atoms with van der Waals surface area (Å²) >= 11 is 2.10. The molecule has 0 saturated heterocycles. The van der Waals surface area contributed by atoms with Crippen LogP contribution >= 0.6 is 22.7 Å². The number of carbonyl (C=O) groups is 5. The zero-order valence-corrected chi connectivity index (χ0v) is 45.1. The van der Waals surface area contributed by atoms with Crippen molar-refractivity contribution in [3.05, 3.63) is 142 Å². The number of ether oxygens (including phenoxy) is 4. The van der Waals surface area contributed by atoms with Crippen LogP contribution in [0.25, 0.3) is 20.9 Å². The number of nitrogens with zero attached hydrogens (tertiary/aromatic N) is 4. The summed E-state index contributed by atoms with van der Waals surface area (Å²) in [5.41, 5.74) is 2.20. The van der Waals surface area contributed by atoms with E-state index in [0.29, 0.717) is 56.2 Å². The van der Waals surface area contributed by atoms with E-state index in [9.17, 15) is 24.0 Å². The zero-order chi connectivity index (χ0) is 55.2. The van der Waals surface area contributed by atoms with E-state index < -0.39 is 77.6 Å². The van der Waals surface area contributed by atoms with Crippen LogP contribution in [0.5, 0.6) is 0 Å². The number of hydrogen-bond donors (Lipinski definition) is 2. The molecule has 0 saturated carbocycles. The Morgan fingerprint density at radius 3 is 1.12 bits per heavy atom. The molecule has 4 amide bonds. The van der Waals surface area contributed by atoms with Crippen molar-refractivity contribution in [1.29, 1.82) is 0 Å². The lowest BCUT2D eigenvalue weighted by molar-refractivity contribution is 0.0516. The van der Waals surface area contributed by atoms with E-state index in [1.54, 1.807) is 104 Å². The molecule has 4 aromatic carbocycles. The van der Waals surface area contributed by atoms with Crippen LogP contribution in [0.1, 0.15) is 83.5 Å². The summed E-state index contributed by atoms with van der Waals surface area (Å²) in [5.74, 6) is -5.03. The maximum atomic E-state index is 15.1. The first-order chi connectivity index (χ1) is 36.4. The third-order valence-corrected chi connectivity index (χ3v) is 13.8. The number of amides is 4. The van der Waals surface area contributed by atoms with Gasteiger partial charge in [-0.25, -0.2) is 41.5 Å². The van der Waals surface area contributed by atoms with Gasteiger partial charge < -0.3 is 39.4 Å². The quantitative estimate of drug-likeness (QED) is 0.0378. The molecule has 0 aliphatic heterocycles. The highest BCUT2D eigenvalue weighted by Crippen LogP contribution is 2.46. The molecule has 0 spiro atoms. The summed E-state index contributed by atoms with van der Waals surface area (Å²) in [4.78, 5) is 75.5. The van der Waals surface area contributed by atoms with Crippen LogP contribution in [0.2, 0.25) is 0 Å². The Hall–Kier alpha value is -7.33. The van der Waals surface area contributed by atoms with Crippen LogP contribution in [-0.2, 0) is 45.1 Å². The van der Waals surface area contributed by atoms with E-state index in [1.165, 1.54) is 12.1 Å². The van der Waals surface area contributed by atoms with Crippen molar-refractivity contribution in [2.24, 2.45) is 0 Å². The van der Waals surface area contributed by atoms with E-state index in [0.717, 1.165) is 56.7 Å². The average molecular weight is 1090 g/mol. The molecule has 404 valence electrons. The van der Waals surface area contributed by atoms with Gasteiger partial charge in [0.25, 0.3) is 0 Å². The lowest BCUT2D eigenvalue weighted by Crippen LogP contribution is -2.33. The van der Waals surface area contributed by atoms with Crippen molar-refractivity contribution in [1.82, 2.24) is 9.80 Å². The second-order valence-electron chi connectivity index (χ2n) is 17.6. The molecule has 0 fully saturated rings.